The van der Waals surface area contributed by atoms with Gasteiger partial charge in [0.1, 0.15) is 6.61 Å². The molecule has 0 bridgehead atoms. The number of unbranched alkanes of at least 4 members (excludes halogenated alkanes) is 19. The summed E-state index contributed by atoms with van der Waals surface area (Å²) in [4.78, 5) is 4.50. The molecule has 1 aliphatic rings. The molecule has 28 heavy (non-hydrogen) atoms. The fourth-order valence-corrected chi connectivity index (χ4v) is 4.21. The van der Waals surface area contributed by atoms with Crippen molar-refractivity contribution in [3.63, 3.8) is 0 Å². The molecule has 0 spiro atoms. The van der Waals surface area contributed by atoms with E-state index in [0.717, 1.165) is 18.9 Å². The van der Waals surface area contributed by atoms with E-state index in [1.54, 1.807) is 0 Å². The van der Waals surface area contributed by atoms with Gasteiger partial charge in [-0.25, -0.2) is 4.99 Å². The van der Waals surface area contributed by atoms with E-state index in [0.29, 0.717) is 6.04 Å². The monoisotopic (exact) mass is 393 g/mol. The molecule has 1 rings (SSSR count). The van der Waals surface area contributed by atoms with Crippen molar-refractivity contribution in [2.75, 3.05) is 6.61 Å². The fraction of sp³-hybridized carbons (Fsp3) is 0.962. The van der Waals surface area contributed by atoms with Crippen LogP contribution >= 0.6 is 0 Å². The zero-order chi connectivity index (χ0) is 20.1. The molecule has 1 heterocycles. The highest BCUT2D eigenvalue weighted by Gasteiger charge is 2.12. The number of ether oxygens (including phenoxy) is 1. The SMILES string of the molecule is CCCCCCCCCCCCCCCCCCCCCCC1=NC(C)CO1. The van der Waals surface area contributed by atoms with E-state index in [2.05, 4.69) is 18.8 Å². The summed E-state index contributed by atoms with van der Waals surface area (Å²) in [5.41, 5.74) is 0. The zero-order valence-corrected chi connectivity index (χ0v) is 19.5. The van der Waals surface area contributed by atoms with Gasteiger partial charge in [0.15, 0.2) is 5.90 Å². The summed E-state index contributed by atoms with van der Waals surface area (Å²) in [5.74, 6) is 1.01. The molecule has 0 fully saturated rings. The summed E-state index contributed by atoms with van der Waals surface area (Å²) in [7, 11) is 0. The average Bonchev–Trinajstić information content (AvgIpc) is 3.11. The molecule has 2 nitrogen and oxygen atoms in total. The summed E-state index contributed by atoms with van der Waals surface area (Å²) >= 11 is 0. The molecule has 0 radical (unpaired) electrons. The number of nitrogens with zero attached hydrogens (tertiary/aromatic N) is 1. The first-order valence-electron chi connectivity index (χ1n) is 13.0. The molecule has 1 atom stereocenters. The lowest BCUT2D eigenvalue weighted by molar-refractivity contribution is 0.314. The molecule has 1 unspecified atom stereocenters. The largest absolute Gasteiger partial charge is 0.479 e. The zero-order valence-electron chi connectivity index (χ0n) is 19.5. The van der Waals surface area contributed by atoms with Crippen LogP contribution in [0.4, 0.5) is 0 Å². The highest BCUT2D eigenvalue weighted by molar-refractivity contribution is 5.77. The Balaban J connectivity index is 1.65. The van der Waals surface area contributed by atoms with Crippen molar-refractivity contribution in [1.29, 1.82) is 0 Å². The first kappa shape index (κ1) is 25.5. The molecular formula is C26H51NO. The molecule has 0 saturated heterocycles. The Labute approximate surface area is 177 Å². The van der Waals surface area contributed by atoms with Gasteiger partial charge in [-0.05, 0) is 13.3 Å². The maximum atomic E-state index is 5.56. The summed E-state index contributed by atoms with van der Waals surface area (Å²) in [6.07, 6.45) is 29.8. The van der Waals surface area contributed by atoms with Crippen LogP contribution in [0.1, 0.15) is 149 Å². The molecule has 0 amide bonds. The van der Waals surface area contributed by atoms with E-state index in [9.17, 15) is 0 Å². The lowest BCUT2D eigenvalue weighted by Crippen LogP contribution is -2.00. The molecule has 166 valence electrons. The third-order valence-corrected chi connectivity index (χ3v) is 6.10. The van der Waals surface area contributed by atoms with Crippen molar-refractivity contribution >= 4 is 5.90 Å². The van der Waals surface area contributed by atoms with Gasteiger partial charge < -0.3 is 4.74 Å². The van der Waals surface area contributed by atoms with Gasteiger partial charge >= 0.3 is 0 Å². The van der Waals surface area contributed by atoms with Crippen LogP contribution < -0.4 is 0 Å². The van der Waals surface area contributed by atoms with E-state index >= 15 is 0 Å². The lowest BCUT2D eigenvalue weighted by Gasteiger charge is -2.04. The number of aliphatic imine (C=N–C) groups is 1. The Kier molecular flexibility index (Phi) is 18.0. The van der Waals surface area contributed by atoms with Gasteiger partial charge in [0.05, 0.1) is 6.04 Å². The number of rotatable bonds is 21. The van der Waals surface area contributed by atoms with Crippen LogP contribution in [0.5, 0.6) is 0 Å². The van der Waals surface area contributed by atoms with Crippen LogP contribution in [0.25, 0.3) is 0 Å². The van der Waals surface area contributed by atoms with Crippen LogP contribution in [0.2, 0.25) is 0 Å². The summed E-state index contributed by atoms with van der Waals surface area (Å²) in [5, 5.41) is 0. The molecule has 0 saturated carbocycles. The van der Waals surface area contributed by atoms with Gasteiger partial charge in [-0.15, -0.1) is 0 Å². The van der Waals surface area contributed by atoms with Gasteiger partial charge in [-0.3, -0.25) is 0 Å². The topological polar surface area (TPSA) is 21.6 Å². The molecule has 0 aromatic heterocycles. The first-order chi connectivity index (χ1) is 13.8. The van der Waals surface area contributed by atoms with E-state index in [1.807, 2.05) is 0 Å². The molecule has 2 heteroatoms. The predicted molar refractivity (Wildman–Crippen MR) is 125 cm³/mol. The number of hydrogen-bond donors (Lipinski definition) is 0. The van der Waals surface area contributed by atoms with Crippen molar-refractivity contribution in [2.24, 2.45) is 4.99 Å². The predicted octanol–water partition coefficient (Wildman–Crippen LogP) is 9.02. The standard InChI is InChI=1S/C26H51NO/c1-3-4-5-6-7-8-9-10-11-12-13-14-15-16-17-18-19-20-21-22-23-26-27-25(2)24-28-26/h25H,3-24H2,1-2H3. The van der Waals surface area contributed by atoms with Crippen molar-refractivity contribution in [3.05, 3.63) is 0 Å². The second kappa shape index (κ2) is 19.8. The number of hydrogen-bond acceptors (Lipinski definition) is 2. The van der Waals surface area contributed by atoms with Crippen molar-refractivity contribution in [3.8, 4) is 0 Å². The van der Waals surface area contributed by atoms with Gasteiger partial charge in [-0.1, -0.05) is 129 Å². The normalized spacial score (nSPS) is 16.4. The molecular weight excluding hydrogens is 342 g/mol. The van der Waals surface area contributed by atoms with Crippen LogP contribution in [0, 0.1) is 0 Å². The third kappa shape index (κ3) is 16.4. The highest BCUT2D eigenvalue weighted by atomic mass is 16.5. The van der Waals surface area contributed by atoms with Gasteiger partial charge in [0.2, 0.25) is 0 Å². The second-order valence-electron chi connectivity index (χ2n) is 9.15. The Morgan fingerprint density at radius 2 is 0.964 bits per heavy atom. The summed E-state index contributed by atoms with van der Waals surface area (Å²) in [6.45, 7) is 5.23. The highest BCUT2D eigenvalue weighted by Crippen LogP contribution is 2.15. The molecule has 0 aliphatic carbocycles. The van der Waals surface area contributed by atoms with Gasteiger partial charge in [0.25, 0.3) is 0 Å². The van der Waals surface area contributed by atoms with Crippen molar-refractivity contribution in [2.45, 2.75) is 155 Å². The van der Waals surface area contributed by atoms with E-state index < -0.39 is 0 Å². The minimum absolute atomic E-state index is 0.389. The van der Waals surface area contributed by atoms with Crippen LogP contribution in [-0.4, -0.2) is 18.5 Å². The van der Waals surface area contributed by atoms with Crippen LogP contribution in [0.15, 0.2) is 4.99 Å². The summed E-state index contributed by atoms with van der Waals surface area (Å²) < 4.78 is 5.56. The molecule has 0 aromatic carbocycles. The first-order valence-corrected chi connectivity index (χ1v) is 13.0. The third-order valence-electron chi connectivity index (χ3n) is 6.10. The lowest BCUT2D eigenvalue weighted by atomic mass is 10.0. The van der Waals surface area contributed by atoms with Gasteiger partial charge in [-0.2, -0.15) is 0 Å². The Bertz CT molecular complexity index is 352. The maximum absolute atomic E-state index is 5.56. The average molecular weight is 394 g/mol. The Morgan fingerprint density at radius 1 is 0.607 bits per heavy atom. The van der Waals surface area contributed by atoms with E-state index in [4.69, 9.17) is 4.74 Å². The Hall–Kier alpha value is -0.530. The summed E-state index contributed by atoms with van der Waals surface area (Å²) in [6, 6.07) is 0.389. The van der Waals surface area contributed by atoms with E-state index in [1.165, 1.54) is 128 Å². The minimum Gasteiger partial charge on any atom is -0.479 e. The molecule has 0 aromatic rings. The molecule has 1 aliphatic heterocycles. The van der Waals surface area contributed by atoms with Crippen LogP contribution in [-0.2, 0) is 4.74 Å². The minimum atomic E-state index is 0.389. The molecule has 0 N–H and O–H groups in total. The Morgan fingerprint density at radius 3 is 1.29 bits per heavy atom. The van der Waals surface area contributed by atoms with E-state index in [-0.39, 0.29) is 0 Å². The van der Waals surface area contributed by atoms with Crippen molar-refractivity contribution in [1.82, 2.24) is 0 Å². The maximum Gasteiger partial charge on any atom is 0.183 e. The second-order valence-corrected chi connectivity index (χ2v) is 9.15. The quantitative estimate of drug-likeness (QED) is 0.178. The smallest absolute Gasteiger partial charge is 0.183 e. The van der Waals surface area contributed by atoms with Crippen LogP contribution in [0.3, 0.4) is 0 Å². The van der Waals surface area contributed by atoms with Crippen molar-refractivity contribution < 1.29 is 4.74 Å². The fourth-order valence-electron chi connectivity index (χ4n) is 4.21. The van der Waals surface area contributed by atoms with Gasteiger partial charge in [0, 0.05) is 6.42 Å².